The molecule has 0 saturated heterocycles. The van der Waals surface area contributed by atoms with Crippen LogP contribution in [0.5, 0.6) is 5.75 Å². The van der Waals surface area contributed by atoms with Crippen LogP contribution in [0, 0.1) is 0 Å². The zero-order valence-corrected chi connectivity index (χ0v) is 8.94. The fourth-order valence-electron chi connectivity index (χ4n) is 1.75. The summed E-state index contributed by atoms with van der Waals surface area (Å²) in [6.45, 7) is 1.69. The fraction of sp³-hybridized carbons (Fsp3) is 0.333. The summed E-state index contributed by atoms with van der Waals surface area (Å²) < 4.78 is 7.43. The lowest BCUT2D eigenvalue weighted by Gasteiger charge is -2.05. The van der Waals surface area contributed by atoms with E-state index in [1.165, 1.54) is 10.9 Å². The van der Waals surface area contributed by atoms with Gasteiger partial charge in [0.05, 0.1) is 12.6 Å². The molecule has 2 N–H and O–H groups in total. The molecule has 15 heavy (non-hydrogen) atoms. The van der Waals surface area contributed by atoms with Crippen molar-refractivity contribution in [3.05, 3.63) is 30.5 Å². The number of aryl methyl sites for hydroxylation is 1. The summed E-state index contributed by atoms with van der Waals surface area (Å²) in [5.74, 6) is 0.898. The maximum Gasteiger partial charge on any atom is 0.120 e. The number of aromatic nitrogens is 1. The van der Waals surface area contributed by atoms with Crippen molar-refractivity contribution in [2.75, 3.05) is 13.7 Å². The fourth-order valence-corrected chi connectivity index (χ4v) is 1.75. The van der Waals surface area contributed by atoms with Crippen molar-refractivity contribution in [1.82, 2.24) is 4.57 Å². The minimum Gasteiger partial charge on any atom is -0.497 e. The van der Waals surface area contributed by atoms with Gasteiger partial charge in [-0.15, -0.1) is 0 Å². The van der Waals surface area contributed by atoms with Crippen molar-refractivity contribution in [2.24, 2.45) is 5.73 Å². The molecule has 1 aromatic heterocycles. The Balaban J connectivity index is 2.38. The lowest BCUT2D eigenvalue weighted by atomic mass is 10.2. The Labute approximate surface area is 89.4 Å². The minimum absolute atomic E-state index is 0.726. The molecule has 2 aromatic rings. The molecule has 0 aliphatic heterocycles. The first-order valence-corrected chi connectivity index (χ1v) is 5.18. The molecule has 0 aliphatic rings. The van der Waals surface area contributed by atoms with E-state index in [1.54, 1.807) is 7.11 Å². The maximum absolute atomic E-state index is 5.51. The van der Waals surface area contributed by atoms with Gasteiger partial charge in [0.2, 0.25) is 0 Å². The summed E-state index contributed by atoms with van der Waals surface area (Å²) in [4.78, 5) is 0. The van der Waals surface area contributed by atoms with Crippen LogP contribution < -0.4 is 10.5 Å². The van der Waals surface area contributed by atoms with Gasteiger partial charge >= 0.3 is 0 Å². The number of nitrogens with two attached hydrogens (primary N) is 1. The molecule has 0 radical (unpaired) electrons. The SMILES string of the molecule is COc1ccc2ccn(CCCN)c2c1. The van der Waals surface area contributed by atoms with Crippen molar-refractivity contribution in [3.63, 3.8) is 0 Å². The highest BCUT2D eigenvalue weighted by Gasteiger charge is 2.01. The lowest BCUT2D eigenvalue weighted by molar-refractivity contribution is 0.415. The van der Waals surface area contributed by atoms with Crippen LogP contribution in [0.1, 0.15) is 6.42 Å². The van der Waals surface area contributed by atoms with Gasteiger partial charge in [-0.25, -0.2) is 0 Å². The van der Waals surface area contributed by atoms with Crippen LogP contribution in [0.2, 0.25) is 0 Å². The molecule has 0 saturated carbocycles. The summed E-state index contributed by atoms with van der Waals surface area (Å²) in [5, 5.41) is 1.24. The minimum atomic E-state index is 0.726. The Hall–Kier alpha value is -1.48. The van der Waals surface area contributed by atoms with Crippen molar-refractivity contribution in [3.8, 4) is 5.75 Å². The number of fused-ring (bicyclic) bond motifs is 1. The number of nitrogens with zero attached hydrogens (tertiary/aromatic N) is 1. The molecule has 1 heterocycles. The second kappa shape index (κ2) is 4.36. The van der Waals surface area contributed by atoms with E-state index in [2.05, 4.69) is 29.0 Å². The highest BCUT2D eigenvalue weighted by molar-refractivity contribution is 5.81. The van der Waals surface area contributed by atoms with Crippen LogP contribution in [0.25, 0.3) is 10.9 Å². The molecule has 0 amide bonds. The molecule has 0 spiro atoms. The third-order valence-electron chi connectivity index (χ3n) is 2.58. The quantitative estimate of drug-likeness (QED) is 0.827. The van der Waals surface area contributed by atoms with Gasteiger partial charge in [-0.3, -0.25) is 0 Å². The lowest BCUT2D eigenvalue weighted by Crippen LogP contribution is -2.04. The maximum atomic E-state index is 5.51. The van der Waals surface area contributed by atoms with Gasteiger partial charge in [-0.2, -0.15) is 0 Å². The van der Waals surface area contributed by atoms with Gasteiger partial charge in [0.25, 0.3) is 0 Å². The normalized spacial score (nSPS) is 10.8. The molecular formula is C12H16N2O. The Bertz CT molecular complexity index is 448. The molecule has 0 bridgehead atoms. The third kappa shape index (κ3) is 1.97. The summed E-state index contributed by atoms with van der Waals surface area (Å²) in [5.41, 5.74) is 6.72. The van der Waals surface area contributed by atoms with Crippen LogP contribution in [-0.4, -0.2) is 18.2 Å². The first-order valence-electron chi connectivity index (χ1n) is 5.18. The van der Waals surface area contributed by atoms with E-state index in [0.717, 1.165) is 25.3 Å². The monoisotopic (exact) mass is 204 g/mol. The van der Waals surface area contributed by atoms with E-state index in [1.807, 2.05) is 6.07 Å². The van der Waals surface area contributed by atoms with Gasteiger partial charge in [-0.1, -0.05) is 0 Å². The Morgan fingerprint density at radius 1 is 1.33 bits per heavy atom. The molecular weight excluding hydrogens is 188 g/mol. The third-order valence-corrected chi connectivity index (χ3v) is 2.58. The predicted octanol–water partition coefficient (Wildman–Crippen LogP) is 2.00. The number of hydrogen-bond donors (Lipinski definition) is 1. The largest absolute Gasteiger partial charge is 0.497 e. The van der Waals surface area contributed by atoms with Gasteiger partial charge in [0.15, 0.2) is 0 Å². The highest BCUT2D eigenvalue weighted by Crippen LogP contribution is 2.21. The Morgan fingerprint density at radius 3 is 2.93 bits per heavy atom. The second-order valence-corrected chi connectivity index (χ2v) is 3.58. The predicted molar refractivity (Wildman–Crippen MR) is 62.2 cm³/mol. The summed E-state index contributed by atoms with van der Waals surface area (Å²) in [7, 11) is 1.69. The van der Waals surface area contributed by atoms with Crippen molar-refractivity contribution in [2.45, 2.75) is 13.0 Å². The molecule has 80 valence electrons. The molecule has 0 atom stereocenters. The van der Waals surface area contributed by atoms with Crippen molar-refractivity contribution >= 4 is 10.9 Å². The Kier molecular flexibility index (Phi) is 2.92. The molecule has 1 aromatic carbocycles. The summed E-state index contributed by atoms with van der Waals surface area (Å²) in [6.07, 6.45) is 3.10. The zero-order valence-electron chi connectivity index (χ0n) is 8.94. The number of benzene rings is 1. The van der Waals surface area contributed by atoms with Gasteiger partial charge < -0.3 is 15.0 Å². The number of methoxy groups -OCH3 is 1. The first-order chi connectivity index (χ1) is 7.35. The first kappa shape index (κ1) is 10.1. The smallest absolute Gasteiger partial charge is 0.120 e. The van der Waals surface area contributed by atoms with E-state index in [9.17, 15) is 0 Å². The molecule has 0 fully saturated rings. The van der Waals surface area contributed by atoms with Gasteiger partial charge in [-0.05, 0) is 36.6 Å². The van der Waals surface area contributed by atoms with Crippen molar-refractivity contribution < 1.29 is 4.74 Å². The number of ether oxygens (including phenoxy) is 1. The second-order valence-electron chi connectivity index (χ2n) is 3.58. The van der Waals surface area contributed by atoms with Gasteiger partial charge in [0.1, 0.15) is 5.75 Å². The number of hydrogen-bond acceptors (Lipinski definition) is 2. The van der Waals surface area contributed by atoms with E-state index < -0.39 is 0 Å². The van der Waals surface area contributed by atoms with Gasteiger partial charge in [0, 0.05) is 18.8 Å². The van der Waals surface area contributed by atoms with Crippen LogP contribution >= 0.6 is 0 Å². The summed E-state index contributed by atoms with van der Waals surface area (Å²) in [6, 6.07) is 8.24. The zero-order chi connectivity index (χ0) is 10.7. The van der Waals surface area contributed by atoms with Crippen LogP contribution in [0.15, 0.2) is 30.5 Å². The van der Waals surface area contributed by atoms with Crippen molar-refractivity contribution in [1.29, 1.82) is 0 Å². The molecule has 3 nitrogen and oxygen atoms in total. The topological polar surface area (TPSA) is 40.2 Å². The van der Waals surface area contributed by atoms with E-state index in [-0.39, 0.29) is 0 Å². The average molecular weight is 204 g/mol. The molecule has 0 aliphatic carbocycles. The highest BCUT2D eigenvalue weighted by atomic mass is 16.5. The van der Waals surface area contributed by atoms with Crippen LogP contribution in [-0.2, 0) is 6.54 Å². The van der Waals surface area contributed by atoms with E-state index in [0.29, 0.717) is 0 Å². The van der Waals surface area contributed by atoms with E-state index in [4.69, 9.17) is 10.5 Å². The molecule has 0 unspecified atom stereocenters. The van der Waals surface area contributed by atoms with Crippen LogP contribution in [0.3, 0.4) is 0 Å². The van der Waals surface area contributed by atoms with Crippen LogP contribution in [0.4, 0.5) is 0 Å². The summed E-state index contributed by atoms with van der Waals surface area (Å²) >= 11 is 0. The standard InChI is InChI=1S/C12H16N2O/c1-15-11-4-3-10-5-8-14(7-2-6-13)12(10)9-11/h3-5,8-9H,2,6-7,13H2,1H3. The van der Waals surface area contributed by atoms with E-state index >= 15 is 0 Å². The average Bonchev–Trinajstić information content (AvgIpc) is 2.68. The number of rotatable bonds is 4. The Morgan fingerprint density at radius 2 is 2.20 bits per heavy atom. The molecule has 2 rings (SSSR count). The molecule has 3 heteroatoms.